The number of rotatable bonds is 6. The number of hydrogen-bond acceptors (Lipinski definition) is 2. The fourth-order valence-electron chi connectivity index (χ4n) is 2.82. The van der Waals surface area contributed by atoms with Crippen LogP contribution >= 0.6 is 0 Å². The third-order valence-electron chi connectivity index (χ3n) is 3.88. The fourth-order valence-corrected chi connectivity index (χ4v) is 2.82. The molecule has 3 rings (SSSR count). The molecule has 0 aliphatic carbocycles. The molecule has 1 heterocycles. The smallest absolute Gasteiger partial charge is 0.256 e. The number of nitrogens with one attached hydrogen (secondary N) is 2. The second-order valence-corrected chi connectivity index (χ2v) is 5.33. The quantitative estimate of drug-likeness (QED) is 0.762. The van der Waals surface area contributed by atoms with Crippen LogP contribution in [-0.4, -0.2) is 12.5 Å². The highest BCUT2D eigenvalue weighted by Crippen LogP contribution is 2.36. The molecule has 2 aromatic rings. The highest BCUT2D eigenvalue weighted by atomic mass is 16.1. The second-order valence-electron chi connectivity index (χ2n) is 5.33. The van der Waals surface area contributed by atoms with Gasteiger partial charge in [0.25, 0.3) is 5.91 Å². The lowest BCUT2D eigenvalue weighted by Gasteiger charge is -2.10. The van der Waals surface area contributed by atoms with Crippen LogP contribution < -0.4 is 10.6 Å². The summed E-state index contributed by atoms with van der Waals surface area (Å²) in [5, 5.41) is 8.61. The van der Waals surface area contributed by atoms with Gasteiger partial charge in [0, 0.05) is 34.3 Å². The maximum atomic E-state index is 11.9. The molecule has 20 heavy (non-hydrogen) atoms. The SMILES string of the molecule is CCCCCCNc1ccc2c3c(cccc13)NC2=O. The Kier molecular flexibility index (Phi) is 3.59. The molecule has 3 heteroatoms. The van der Waals surface area contributed by atoms with Crippen molar-refractivity contribution in [2.75, 3.05) is 17.2 Å². The molecular weight excluding hydrogens is 248 g/mol. The van der Waals surface area contributed by atoms with Crippen LogP contribution in [0.3, 0.4) is 0 Å². The Morgan fingerprint density at radius 2 is 2.00 bits per heavy atom. The molecule has 104 valence electrons. The number of hydrogen-bond donors (Lipinski definition) is 2. The van der Waals surface area contributed by atoms with E-state index >= 15 is 0 Å². The molecule has 0 saturated carbocycles. The lowest BCUT2D eigenvalue weighted by molar-refractivity contribution is 0.103. The number of benzene rings is 2. The van der Waals surface area contributed by atoms with Crippen molar-refractivity contribution in [3.05, 3.63) is 35.9 Å². The van der Waals surface area contributed by atoms with Crippen molar-refractivity contribution in [3.63, 3.8) is 0 Å². The van der Waals surface area contributed by atoms with E-state index in [-0.39, 0.29) is 5.91 Å². The Morgan fingerprint density at radius 1 is 1.10 bits per heavy atom. The summed E-state index contributed by atoms with van der Waals surface area (Å²) in [6, 6.07) is 9.97. The third kappa shape index (κ3) is 2.24. The predicted octanol–water partition coefficient (Wildman–Crippen LogP) is 4.40. The molecule has 2 N–H and O–H groups in total. The van der Waals surface area contributed by atoms with Gasteiger partial charge in [-0.2, -0.15) is 0 Å². The average molecular weight is 268 g/mol. The number of carbonyl (C=O) groups excluding carboxylic acids is 1. The summed E-state index contributed by atoms with van der Waals surface area (Å²) in [7, 11) is 0. The minimum atomic E-state index is 0.00527. The molecule has 0 atom stereocenters. The molecule has 1 aliphatic heterocycles. The van der Waals surface area contributed by atoms with E-state index in [1.807, 2.05) is 24.3 Å². The molecule has 1 amide bonds. The van der Waals surface area contributed by atoms with Gasteiger partial charge in [-0.15, -0.1) is 0 Å². The first-order valence-corrected chi connectivity index (χ1v) is 7.42. The highest BCUT2D eigenvalue weighted by molar-refractivity contribution is 6.25. The molecule has 0 fully saturated rings. The molecule has 3 nitrogen and oxygen atoms in total. The Labute approximate surface area is 119 Å². The molecule has 0 saturated heterocycles. The highest BCUT2D eigenvalue weighted by Gasteiger charge is 2.21. The van der Waals surface area contributed by atoms with Gasteiger partial charge in [0.15, 0.2) is 0 Å². The number of anilines is 2. The summed E-state index contributed by atoms with van der Waals surface area (Å²) in [6.45, 7) is 3.21. The number of amides is 1. The van der Waals surface area contributed by atoms with Crippen LogP contribution in [0.15, 0.2) is 30.3 Å². The van der Waals surface area contributed by atoms with E-state index in [0.29, 0.717) is 0 Å². The second kappa shape index (κ2) is 5.53. The van der Waals surface area contributed by atoms with Crippen LogP contribution in [0.4, 0.5) is 11.4 Å². The molecule has 0 aromatic heterocycles. The molecule has 0 radical (unpaired) electrons. The third-order valence-corrected chi connectivity index (χ3v) is 3.88. The Bertz CT molecular complexity index is 649. The maximum Gasteiger partial charge on any atom is 0.256 e. The topological polar surface area (TPSA) is 41.1 Å². The standard InChI is InChI=1S/C17H20N2O/c1-2-3-4-5-11-18-14-10-9-13-16-12(14)7-6-8-15(16)19-17(13)20/h6-10,18H,2-5,11H2,1H3,(H,19,20). The fraction of sp³-hybridized carbons (Fsp3) is 0.353. The maximum absolute atomic E-state index is 11.9. The van der Waals surface area contributed by atoms with Gasteiger partial charge in [-0.25, -0.2) is 0 Å². The summed E-state index contributed by atoms with van der Waals surface area (Å²) in [4.78, 5) is 11.9. The van der Waals surface area contributed by atoms with Crippen LogP contribution in [0.25, 0.3) is 10.8 Å². The van der Waals surface area contributed by atoms with E-state index in [2.05, 4.69) is 23.6 Å². The van der Waals surface area contributed by atoms with E-state index in [1.165, 1.54) is 25.7 Å². The summed E-state index contributed by atoms with van der Waals surface area (Å²) >= 11 is 0. The zero-order valence-corrected chi connectivity index (χ0v) is 11.8. The van der Waals surface area contributed by atoms with Gasteiger partial charge in [-0.05, 0) is 24.6 Å². The first-order valence-electron chi connectivity index (χ1n) is 7.42. The minimum Gasteiger partial charge on any atom is -0.385 e. The number of unbranched alkanes of at least 4 members (excludes halogenated alkanes) is 3. The van der Waals surface area contributed by atoms with Crippen LogP contribution in [0.1, 0.15) is 43.0 Å². The molecular formula is C17H20N2O. The van der Waals surface area contributed by atoms with Crippen LogP contribution in [0, 0.1) is 0 Å². The Balaban J connectivity index is 1.83. The van der Waals surface area contributed by atoms with Crippen molar-refractivity contribution in [3.8, 4) is 0 Å². The van der Waals surface area contributed by atoms with Gasteiger partial charge >= 0.3 is 0 Å². The first-order chi connectivity index (χ1) is 9.81. The minimum absolute atomic E-state index is 0.00527. The van der Waals surface area contributed by atoms with Gasteiger partial charge in [-0.3, -0.25) is 4.79 Å². The normalized spacial score (nSPS) is 12.8. The average Bonchev–Trinajstić information content (AvgIpc) is 2.79. The molecule has 1 aliphatic rings. The van der Waals surface area contributed by atoms with Gasteiger partial charge in [-0.1, -0.05) is 38.3 Å². The zero-order chi connectivity index (χ0) is 13.9. The lowest BCUT2D eigenvalue weighted by atomic mass is 10.0. The van der Waals surface area contributed by atoms with E-state index < -0.39 is 0 Å². The van der Waals surface area contributed by atoms with Gasteiger partial charge in [0.1, 0.15) is 0 Å². The molecule has 0 unspecified atom stereocenters. The van der Waals surface area contributed by atoms with Crippen molar-refractivity contribution in [2.45, 2.75) is 32.6 Å². The van der Waals surface area contributed by atoms with Crippen molar-refractivity contribution >= 4 is 28.1 Å². The van der Waals surface area contributed by atoms with E-state index in [1.54, 1.807) is 0 Å². The summed E-state index contributed by atoms with van der Waals surface area (Å²) in [5.41, 5.74) is 2.84. The van der Waals surface area contributed by atoms with Gasteiger partial charge in [0.05, 0.1) is 0 Å². The predicted molar refractivity (Wildman–Crippen MR) is 84.5 cm³/mol. The van der Waals surface area contributed by atoms with E-state index in [9.17, 15) is 4.79 Å². The molecule has 0 bridgehead atoms. The molecule has 2 aromatic carbocycles. The molecule has 0 spiro atoms. The van der Waals surface area contributed by atoms with Crippen LogP contribution in [0.5, 0.6) is 0 Å². The first kappa shape index (κ1) is 13.0. The van der Waals surface area contributed by atoms with Gasteiger partial charge in [0.2, 0.25) is 0 Å². The number of carbonyl (C=O) groups is 1. The summed E-state index contributed by atoms with van der Waals surface area (Å²) < 4.78 is 0. The van der Waals surface area contributed by atoms with Gasteiger partial charge < -0.3 is 10.6 Å². The van der Waals surface area contributed by atoms with Crippen LogP contribution in [-0.2, 0) is 0 Å². The monoisotopic (exact) mass is 268 g/mol. The van der Waals surface area contributed by atoms with Crippen molar-refractivity contribution in [1.29, 1.82) is 0 Å². The zero-order valence-electron chi connectivity index (χ0n) is 11.8. The summed E-state index contributed by atoms with van der Waals surface area (Å²) in [5.74, 6) is 0.00527. The van der Waals surface area contributed by atoms with Crippen molar-refractivity contribution < 1.29 is 4.79 Å². The van der Waals surface area contributed by atoms with Crippen LogP contribution in [0.2, 0.25) is 0 Å². The summed E-state index contributed by atoms with van der Waals surface area (Å²) in [6.07, 6.45) is 5.01. The Morgan fingerprint density at radius 3 is 2.85 bits per heavy atom. The van der Waals surface area contributed by atoms with Crippen molar-refractivity contribution in [2.24, 2.45) is 0 Å². The lowest BCUT2D eigenvalue weighted by Crippen LogP contribution is -2.04. The Hall–Kier alpha value is -2.03. The van der Waals surface area contributed by atoms with E-state index in [4.69, 9.17) is 0 Å². The van der Waals surface area contributed by atoms with Crippen molar-refractivity contribution in [1.82, 2.24) is 0 Å². The van der Waals surface area contributed by atoms with E-state index in [0.717, 1.165) is 34.3 Å². The largest absolute Gasteiger partial charge is 0.385 e.